The van der Waals surface area contributed by atoms with Gasteiger partial charge in [-0.2, -0.15) is 0 Å². The Labute approximate surface area is 77.8 Å². The standard InChI is InChI=1S/C12H11N/c1-3-9(2)11-5-4-10-6-7-13-12(10)8-11/h1,4-9,13H,2H3. The summed E-state index contributed by atoms with van der Waals surface area (Å²) in [5, 5.41) is 1.23. The van der Waals surface area contributed by atoms with Gasteiger partial charge in [0.15, 0.2) is 0 Å². The zero-order valence-electron chi connectivity index (χ0n) is 7.54. The number of hydrogen-bond donors (Lipinski definition) is 1. The molecule has 0 aliphatic heterocycles. The summed E-state index contributed by atoms with van der Waals surface area (Å²) in [6, 6.07) is 8.34. The largest absolute Gasteiger partial charge is 0.361 e. The lowest BCUT2D eigenvalue weighted by atomic mass is 10.0. The Morgan fingerprint density at radius 2 is 2.23 bits per heavy atom. The molecule has 1 heterocycles. The van der Waals surface area contributed by atoms with Crippen LogP contribution in [0.3, 0.4) is 0 Å². The van der Waals surface area contributed by atoms with Crippen LogP contribution >= 0.6 is 0 Å². The molecular weight excluding hydrogens is 158 g/mol. The molecule has 0 spiro atoms. The number of aromatic nitrogens is 1. The molecule has 1 N–H and O–H groups in total. The van der Waals surface area contributed by atoms with Crippen LogP contribution in [0.5, 0.6) is 0 Å². The molecule has 1 heteroatoms. The monoisotopic (exact) mass is 169 g/mol. The Morgan fingerprint density at radius 1 is 1.38 bits per heavy atom. The quantitative estimate of drug-likeness (QED) is 0.632. The molecule has 1 aromatic heterocycles. The van der Waals surface area contributed by atoms with Crippen LogP contribution in [0.15, 0.2) is 30.5 Å². The fourth-order valence-corrected chi connectivity index (χ4v) is 1.43. The molecule has 64 valence electrons. The van der Waals surface area contributed by atoms with Gasteiger partial charge in [0.25, 0.3) is 0 Å². The van der Waals surface area contributed by atoms with Crippen molar-refractivity contribution in [3.8, 4) is 12.3 Å². The van der Waals surface area contributed by atoms with Crippen molar-refractivity contribution in [2.24, 2.45) is 0 Å². The van der Waals surface area contributed by atoms with Crippen LogP contribution in [0.1, 0.15) is 18.4 Å². The highest BCUT2D eigenvalue weighted by atomic mass is 14.7. The first-order valence-electron chi connectivity index (χ1n) is 4.34. The number of benzene rings is 1. The number of aromatic amines is 1. The Bertz CT molecular complexity index is 459. The highest BCUT2D eigenvalue weighted by Crippen LogP contribution is 2.19. The third kappa shape index (κ3) is 1.31. The maximum atomic E-state index is 5.36. The number of H-pyrrole nitrogens is 1. The second-order valence-electron chi connectivity index (χ2n) is 3.21. The van der Waals surface area contributed by atoms with Crippen LogP contribution in [0, 0.1) is 12.3 Å². The smallest absolute Gasteiger partial charge is 0.0457 e. The minimum Gasteiger partial charge on any atom is -0.361 e. The van der Waals surface area contributed by atoms with E-state index in [0.29, 0.717) is 0 Å². The lowest BCUT2D eigenvalue weighted by Crippen LogP contribution is -1.88. The van der Waals surface area contributed by atoms with Gasteiger partial charge in [-0.1, -0.05) is 18.1 Å². The van der Waals surface area contributed by atoms with Gasteiger partial charge >= 0.3 is 0 Å². The van der Waals surface area contributed by atoms with Crippen molar-refractivity contribution in [3.63, 3.8) is 0 Å². The van der Waals surface area contributed by atoms with Crippen molar-refractivity contribution in [1.82, 2.24) is 4.98 Å². The third-order valence-corrected chi connectivity index (χ3v) is 2.33. The van der Waals surface area contributed by atoms with Crippen molar-refractivity contribution in [2.75, 3.05) is 0 Å². The minimum absolute atomic E-state index is 0.188. The molecule has 1 nitrogen and oxygen atoms in total. The summed E-state index contributed by atoms with van der Waals surface area (Å²) in [4.78, 5) is 3.17. The van der Waals surface area contributed by atoms with Crippen LogP contribution in [0.4, 0.5) is 0 Å². The van der Waals surface area contributed by atoms with E-state index in [9.17, 15) is 0 Å². The van der Waals surface area contributed by atoms with Crippen molar-refractivity contribution in [2.45, 2.75) is 12.8 Å². The molecule has 1 aromatic carbocycles. The van der Waals surface area contributed by atoms with Gasteiger partial charge in [0.05, 0.1) is 0 Å². The summed E-state index contributed by atoms with van der Waals surface area (Å²) in [6.07, 6.45) is 7.30. The number of hydrogen-bond acceptors (Lipinski definition) is 0. The molecule has 2 rings (SSSR count). The predicted octanol–water partition coefficient (Wildman–Crippen LogP) is 2.90. The fourth-order valence-electron chi connectivity index (χ4n) is 1.43. The molecule has 1 atom stereocenters. The molecule has 2 aromatic rings. The second-order valence-corrected chi connectivity index (χ2v) is 3.21. The Balaban J connectivity index is 2.55. The van der Waals surface area contributed by atoms with E-state index in [2.05, 4.69) is 35.2 Å². The SMILES string of the molecule is C#CC(C)c1ccc2cc[nH]c2c1. The van der Waals surface area contributed by atoms with Crippen molar-refractivity contribution in [3.05, 3.63) is 36.0 Å². The van der Waals surface area contributed by atoms with Gasteiger partial charge in [-0.15, -0.1) is 6.42 Å². The maximum absolute atomic E-state index is 5.36. The van der Waals surface area contributed by atoms with Gasteiger partial charge in [-0.25, -0.2) is 0 Å². The lowest BCUT2D eigenvalue weighted by molar-refractivity contribution is 1.01. The molecule has 0 aliphatic rings. The molecule has 1 unspecified atom stereocenters. The Hall–Kier alpha value is -1.68. The van der Waals surface area contributed by atoms with Crippen molar-refractivity contribution < 1.29 is 0 Å². The van der Waals surface area contributed by atoms with E-state index in [-0.39, 0.29) is 5.92 Å². The molecule has 0 saturated heterocycles. The van der Waals surface area contributed by atoms with Crippen LogP contribution in [-0.4, -0.2) is 4.98 Å². The van der Waals surface area contributed by atoms with Gasteiger partial charge < -0.3 is 4.98 Å². The van der Waals surface area contributed by atoms with Crippen molar-refractivity contribution >= 4 is 10.9 Å². The van der Waals surface area contributed by atoms with Crippen molar-refractivity contribution in [1.29, 1.82) is 0 Å². The van der Waals surface area contributed by atoms with Crippen LogP contribution in [0.25, 0.3) is 10.9 Å². The fraction of sp³-hybridized carbons (Fsp3) is 0.167. The van der Waals surface area contributed by atoms with Crippen LogP contribution in [0.2, 0.25) is 0 Å². The van der Waals surface area contributed by atoms with E-state index in [1.165, 1.54) is 10.9 Å². The van der Waals surface area contributed by atoms with E-state index < -0.39 is 0 Å². The van der Waals surface area contributed by atoms with E-state index in [0.717, 1.165) is 5.52 Å². The van der Waals surface area contributed by atoms with Crippen LogP contribution in [-0.2, 0) is 0 Å². The van der Waals surface area contributed by atoms with E-state index in [1.807, 2.05) is 13.1 Å². The molecule has 0 saturated carbocycles. The van der Waals surface area contributed by atoms with Gasteiger partial charge in [0.1, 0.15) is 0 Å². The zero-order valence-corrected chi connectivity index (χ0v) is 7.54. The molecule has 0 radical (unpaired) electrons. The highest BCUT2D eigenvalue weighted by molar-refractivity contribution is 5.80. The molecular formula is C12H11N. The molecule has 13 heavy (non-hydrogen) atoms. The van der Waals surface area contributed by atoms with Gasteiger partial charge in [0, 0.05) is 17.6 Å². The Kier molecular flexibility index (Phi) is 1.83. The number of fused-ring (bicyclic) bond motifs is 1. The lowest BCUT2D eigenvalue weighted by Gasteiger charge is -2.03. The zero-order chi connectivity index (χ0) is 9.26. The number of terminal acetylenes is 1. The first-order chi connectivity index (χ1) is 6.31. The molecule has 0 bridgehead atoms. The number of nitrogens with one attached hydrogen (secondary N) is 1. The summed E-state index contributed by atoms with van der Waals surface area (Å²) in [6.45, 7) is 2.03. The first-order valence-corrected chi connectivity index (χ1v) is 4.34. The summed E-state index contributed by atoms with van der Waals surface area (Å²) < 4.78 is 0. The first kappa shape index (κ1) is 7.94. The second kappa shape index (κ2) is 2.99. The summed E-state index contributed by atoms with van der Waals surface area (Å²) in [5.41, 5.74) is 2.34. The average Bonchev–Trinajstić information content (AvgIpc) is 2.63. The van der Waals surface area contributed by atoms with Gasteiger partial charge in [0.2, 0.25) is 0 Å². The number of rotatable bonds is 1. The average molecular weight is 169 g/mol. The molecule has 0 fully saturated rings. The topological polar surface area (TPSA) is 15.8 Å². The summed E-state index contributed by atoms with van der Waals surface area (Å²) in [7, 11) is 0. The highest BCUT2D eigenvalue weighted by Gasteiger charge is 2.02. The van der Waals surface area contributed by atoms with E-state index >= 15 is 0 Å². The summed E-state index contributed by atoms with van der Waals surface area (Å²) >= 11 is 0. The van der Waals surface area contributed by atoms with Gasteiger partial charge in [-0.05, 0) is 30.0 Å². The van der Waals surface area contributed by atoms with E-state index in [1.54, 1.807) is 0 Å². The molecule has 0 aliphatic carbocycles. The van der Waals surface area contributed by atoms with Crippen LogP contribution < -0.4 is 0 Å². The summed E-state index contributed by atoms with van der Waals surface area (Å²) in [5.74, 6) is 2.91. The predicted molar refractivity (Wildman–Crippen MR) is 55.5 cm³/mol. The Morgan fingerprint density at radius 3 is 3.00 bits per heavy atom. The normalized spacial score (nSPS) is 12.6. The molecule has 0 amide bonds. The third-order valence-electron chi connectivity index (χ3n) is 2.33. The maximum Gasteiger partial charge on any atom is 0.0457 e. The van der Waals surface area contributed by atoms with E-state index in [4.69, 9.17) is 6.42 Å². The van der Waals surface area contributed by atoms with Gasteiger partial charge in [-0.3, -0.25) is 0 Å². The minimum atomic E-state index is 0.188.